The smallest absolute Gasteiger partial charge is 0.0530 e. The van der Waals surface area contributed by atoms with Crippen molar-refractivity contribution >= 4 is 43.4 Å². The fourth-order valence-electron chi connectivity index (χ4n) is 7.12. The molecule has 0 aliphatic heterocycles. The van der Waals surface area contributed by atoms with Crippen LogP contribution in [0, 0.1) is 83.1 Å². The summed E-state index contributed by atoms with van der Waals surface area (Å²) in [6.07, 6.45) is 0. The van der Waals surface area contributed by atoms with Crippen LogP contribution in [-0.2, 0) is 6.54 Å². The van der Waals surface area contributed by atoms with Gasteiger partial charge in [0.25, 0.3) is 0 Å². The van der Waals surface area contributed by atoms with Gasteiger partial charge in [-0.1, -0.05) is 0 Å². The van der Waals surface area contributed by atoms with E-state index in [0.717, 1.165) is 6.54 Å². The second kappa shape index (κ2) is 7.60. The number of rotatable bonds is 1. The van der Waals surface area contributed by atoms with E-state index in [9.17, 15) is 0 Å². The Morgan fingerprint density at radius 1 is 0.314 bits per heavy atom. The van der Waals surface area contributed by atoms with Crippen molar-refractivity contribution in [1.82, 2.24) is 4.57 Å². The van der Waals surface area contributed by atoms with E-state index >= 15 is 0 Å². The number of hydrogen-bond donors (Lipinski definition) is 0. The molecule has 0 saturated heterocycles. The lowest BCUT2D eigenvalue weighted by Crippen LogP contribution is -2.02. The Hall–Kier alpha value is -2.80. The molecule has 5 aromatic rings. The average Bonchev–Trinajstić information content (AvgIpc) is 3.18. The third-order valence-electron chi connectivity index (χ3n) is 10.0. The molecule has 1 heteroatoms. The van der Waals surface area contributed by atoms with Gasteiger partial charge in [0.05, 0.1) is 11.0 Å². The van der Waals surface area contributed by atoms with Gasteiger partial charge >= 0.3 is 0 Å². The molecule has 4 aromatic carbocycles. The van der Waals surface area contributed by atoms with Crippen LogP contribution in [0.25, 0.3) is 43.4 Å². The van der Waals surface area contributed by atoms with Crippen LogP contribution in [0.3, 0.4) is 0 Å². The Morgan fingerprint density at radius 3 is 0.857 bits per heavy atom. The van der Waals surface area contributed by atoms with Crippen molar-refractivity contribution in [2.45, 2.75) is 96.6 Å². The number of fused-ring (bicyclic) bond motifs is 7. The first kappa shape index (κ1) is 23.9. The summed E-state index contributed by atoms with van der Waals surface area (Å²) in [5, 5.41) is 8.83. The topological polar surface area (TPSA) is 4.93 Å². The maximum atomic E-state index is 2.63. The summed E-state index contributed by atoms with van der Waals surface area (Å²) in [5.41, 5.74) is 20.1. The van der Waals surface area contributed by atoms with E-state index in [4.69, 9.17) is 0 Å². The second-order valence-electron chi connectivity index (χ2n) is 11.2. The van der Waals surface area contributed by atoms with Crippen molar-refractivity contribution in [2.75, 3.05) is 0 Å². The lowest BCUT2D eigenvalue weighted by atomic mass is 9.82. The molecule has 0 atom stereocenters. The van der Waals surface area contributed by atoms with Gasteiger partial charge in [0.1, 0.15) is 0 Å². The number of nitrogens with zero attached hydrogens (tertiary/aromatic N) is 1. The van der Waals surface area contributed by atoms with Crippen molar-refractivity contribution in [3.8, 4) is 0 Å². The van der Waals surface area contributed by atoms with Gasteiger partial charge in [-0.25, -0.2) is 0 Å². The van der Waals surface area contributed by atoms with E-state index < -0.39 is 0 Å². The van der Waals surface area contributed by atoms with Crippen LogP contribution in [0.5, 0.6) is 0 Å². The van der Waals surface area contributed by atoms with E-state index in [0.29, 0.717) is 0 Å². The third-order valence-corrected chi connectivity index (χ3v) is 10.0. The summed E-state index contributed by atoms with van der Waals surface area (Å²) in [4.78, 5) is 0. The Morgan fingerprint density at radius 2 is 0.571 bits per heavy atom. The molecule has 0 fully saturated rings. The first-order valence-electron chi connectivity index (χ1n) is 13.2. The quantitative estimate of drug-likeness (QED) is 0.233. The molecule has 0 N–H and O–H groups in total. The normalized spacial score (nSPS) is 12.3. The molecule has 5 rings (SSSR count). The summed E-state index contributed by atoms with van der Waals surface area (Å²) in [7, 11) is 0. The van der Waals surface area contributed by atoms with Crippen molar-refractivity contribution in [1.29, 1.82) is 0 Å². The van der Waals surface area contributed by atoms with Gasteiger partial charge in [-0.15, -0.1) is 0 Å². The molecule has 0 saturated carbocycles. The second-order valence-corrected chi connectivity index (χ2v) is 11.2. The van der Waals surface area contributed by atoms with Crippen LogP contribution < -0.4 is 0 Å². The molecule has 0 amide bonds. The van der Waals surface area contributed by atoms with Crippen molar-refractivity contribution in [2.24, 2.45) is 0 Å². The summed E-state index contributed by atoms with van der Waals surface area (Å²) in [6, 6.07) is 0. The highest BCUT2D eigenvalue weighted by atomic mass is 15.0. The zero-order chi connectivity index (χ0) is 25.8. The maximum Gasteiger partial charge on any atom is 0.0530 e. The zero-order valence-electron chi connectivity index (χ0n) is 24.2. The van der Waals surface area contributed by atoms with Gasteiger partial charge in [-0.3, -0.25) is 0 Å². The molecular formula is C34H41N. The SMILES string of the molecule is CCn1c2c(C)c(C)c3c(C)c(C)c(C)c(C)c3c2c2c3c(C)c(C)c(C)c(C)c3c(C)c(C)c21. The maximum absolute atomic E-state index is 2.63. The largest absolute Gasteiger partial charge is 0.340 e. The molecule has 0 radical (unpaired) electrons. The van der Waals surface area contributed by atoms with E-state index in [-0.39, 0.29) is 0 Å². The van der Waals surface area contributed by atoms with Crippen LogP contribution in [0.15, 0.2) is 0 Å². The summed E-state index contributed by atoms with van der Waals surface area (Å²) < 4.78 is 2.63. The zero-order valence-corrected chi connectivity index (χ0v) is 24.2. The molecule has 1 aromatic heterocycles. The third kappa shape index (κ3) is 2.70. The van der Waals surface area contributed by atoms with Crippen LogP contribution in [0.1, 0.15) is 73.7 Å². The van der Waals surface area contributed by atoms with Crippen molar-refractivity contribution in [3.05, 3.63) is 66.8 Å². The summed E-state index contributed by atoms with van der Waals surface area (Å²) in [5.74, 6) is 0. The molecule has 1 heterocycles. The van der Waals surface area contributed by atoms with Crippen molar-refractivity contribution in [3.63, 3.8) is 0 Å². The van der Waals surface area contributed by atoms with E-state index in [1.165, 1.54) is 110 Å². The Labute approximate surface area is 211 Å². The molecule has 0 unspecified atom stereocenters. The van der Waals surface area contributed by atoms with Gasteiger partial charge in [0.15, 0.2) is 0 Å². The van der Waals surface area contributed by atoms with Gasteiger partial charge in [-0.05, 0) is 178 Å². The van der Waals surface area contributed by atoms with Crippen molar-refractivity contribution < 1.29 is 0 Å². The predicted octanol–water partition coefficient (Wildman–Crippen LogP) is 9.82. The van der Waals surface area contributed by atoms with Gasteiger partial charge < -0.3 is 4.57 Å². The van der Waals surface area contributed by atoms with Crippen LogP contribution >= 0.6 is 0 Å². The number of benzene rings is 4. The molecule has 0 aliphatic rings. The lowest BCUT2D eigenvalue weighted by Gasteiger charge is -2.21. The van der Waals surface area contributed by atoms with Crippen LogP contribution in [0.4, 0.5) is 0 Å². The number of hydrogen-bond acceptors (Lipinski definition) is 0. The lowest BCUT2D eigenvalue weighted by molar-refractivity contribution is 0.822. The minimum atomic E-state index is 0.976. The van der Waals surface area contributed by atoms with Gasteiger partial charge in [-0.2, -0.15) is 0 Å². The standard InChI is InChI=1S/C34H41N/c1-14-35-33-25(12)23(10)27-19(6)15(2)17(4)21(8)29(27)31(33)32-30-22(9)18(5)16(3)20(7)28(30)24(11)26(13)34(32)35/h14H2,1-13H3. The van der Waals surface area contributed by atoms with Gasteiger partial charge in [0, 0.05) is 17.3 Å². The molecule has 35 heavy (non-hydrogen) atoms. The fraction of sp³-hybridized carbons (Fsp3) is 0.412. The predicted molar refractivity (Wildman–Crippen MR) is 157 cm³/mol. The van der Waals surface area contributed by atoms with Crippen LogP contribution in [-0.4, -0.2) is 4.57 Å². The highest BCUT2D eigenvalue weighted by Gasteiger charge is 2.26. The molecule has 182 valence electrons. The Bertz CT molecular complexity index is 1640. The number of aromatic nitrogens is 1. The van der Waals surface area contributed by atoms with E-state index in [1.807, 2.05) is 0 Å². The minimum absolute atomic E-state index is 0.976. The molecule has 1 nitrogen and oxygen atoms in total. The van der Waals surface area contributed by atoms with Gasteiger partial charge in [0.2, 0.25) is 0 Å². The molecular weight excluding hydrogens is 422 g/mol. The summed E-state index contributed by atoms with van der Waals surface area (Å²) >= 11 is 0. The van der Waals surface area contributed by atoms with E-state index in [2.05, 4.69) is 94.6 Å². The highest BCUT2D eigenvalue weighted by Crippen LogP contribution is 2.48. The molecule has 0 aliphatic carbocycles. The number of aryl methyl sites for hydroxylation is 9. The molecule has 0 bridgehead atoms. The average molecular weight is 464 g/mol. The summed E-state index contributed by atoms with van der Waals surface area (Å²) in [6.45, 7) is 31.3. The first-order chi connectivity index (χ1) is 16.4. The fourth-order valence-corrected chi connectivity index (χ4v) is 7.12. The van der Waals surface area contributed by atoms with Crippen LogP contribution in [0.2, 0.25) is 0 Å². The monoisotopic (exact) mass is 463 g/mol. The Kier molecular flexibility index (Phi) is 5.19. The Balaban J connectivity index is 2.36. The van der Waals surface area contributed by atoms with E-state index in [1.54, 1.807) is 0 Å². The minimum Gasteiger partial charge on any atom is -0.340 e. The first-order valence-corrected chi connectivity index (χ1v) is 13.2. The molecule has 0 spiro atoms. The highest BCUT2D eigenvalue weighted by molar-refractivity contribution is 6.32.